The maximum Gasteiger partial charge on any atom is 0.230 e. The van der Waals surface area contributed by atoms with Gasteiger partial charge in [-0.3, -0.25) is 9.59 Å². The van der Waals surface area contributed by atoms with Gasteiger partial charge in [0.25, 0.3) is 0 Å². The van der Waals surface area contributed by atoms with E-state index in [4.69, 9.17) is 0 Å². The number of Topliss-reactive ketones (excluding diaryl/α,β-unsaturated/α-hetero) is 1. The highest BCUT2D eigenvalue weighted by atomic mass is 32.2. The van der Waals surface area contributed by atoms with Gasteiger partial charge in [0.2, 0.25) is 5.91 Å². The lowest BCUT2D eigenvalue weighted by Crippen LogP contribution is -2.37. The Morgan fingerprint density at radius 3 is 2.24 bits per heavy atom. The number of rotatable bonds is 9. The number of hydrogen-bond donors (Lipinski definition) is 1. The summed E-state index contributed by atoms with van der Waals surface area (Å²) in [5.41, 5.74) is 0.699. The van der Waals surface area contributed by atoms with Crippen LogP contribution in [0.25, 0.3) is 0 Å². The Kier molecular flexibility index (Phi) is 7.92. The van der Waals surface area contributed by atoms with Crippen LogP contribution in [0.4, 0.5) is 0 Å². The zero-order valence-electron chi connectivity index (χ0n) is 14.4. The van der Waals surface area contributed by atoms with E-state index >= 15 is 0 Å². The summed E-state index contributed by atoms with van der Waals surface area (Å²) in [7, 11) is 0. The van der Waals surface area contributed by atoms with Gasteiger partial charge < -0.3 is 5.32 Å². The number of ketones is 1. The minimum absolute atomic E-state index is 0.00476. The number of nitrogens with one attached hydrogen (secondary N) is 1. The molecule has 134 valence electrons. The van der Waals surface area contributed by atoms with Crippen molar-refractivity contribution >= 4 is 46.6 Å². The Labute approximate surface area is 160 Å². The third-order valence-electron chi connectivity index (χ3n) is 3.53. The van der Waals surface area contributed by atoms with Crippen LogP contribution in [-0.2, 0) is 4.79 Å². The quantitative estimate of drug-likeness (QED) is 0.515. The summed E-state index contributed by atoms with van der Waals surface area (Å²) in [6.45, 7) is 6.14. The van der Waals surface area contributed by atoms with Crippen LogP contribution < -0.4 is 5.32 Å². The zero-order valence-corrected chi connectivity index (χ0v) is 16.8. The molecule has 0 aliphatic rings. The van der Waals surface area contributed by atoms with E-state index in [0.717, 1.165) is 8.68 Å². The standard InChI is InChI=1S/C17H21N3O2S3/c1-11(2)12(3)18-15(22)10-24-17-20-19-16(25-17)23-9-14(21)13-7-5-4-6-8-13/h4-8,11-12H,9-10H2,1-3H3,(H,18,22). The number of nitrogens with zero attached hydrogens (tertiary/aromatic N) is 2. The summed E-state index contributed by atoms with van der Waals surface area (Å²) in [4.78, 5) is 24.0. The first-order chi connectivity index (χ1) is 12.0. The lowest BCUT2D eigenvalue weighted by molar-refractivity contribution is -0.119. The van der Waals surface area contributed by atoms with Gasteiger partial charge in [-0.15, -0.1) is 10.2 Å². The van der Waals surface area contributed by atoms with Gasteiger partial charge in [-0.1, -0.05) is 79.0 Å². The van der Waals surface area contributed by atoms with Gasteiger partial charge in [-0.05, 0) is 12.8 Å². The second-order valence-corrected chi connectivity index (χ2v) is 9.22. The van der Waals surface area contributed by atoms with Gasteiger partial charge in [0.1, 0.15) is 0 Å². The topological polar surface area (TPSA) is 72.0 Å². The van der Waals surface area contributed by atoms with Crippen molar-refractivity contribution in [2.45, 2.75) is 35.5 Å². The first kappa shape index (κ1) is 19.9. The molecular weight excluding hydrogens is 374 g/mol. The second-order valence-electron chi connectivity index (χ2n) is 5.80. The van der Waals surface area contributed by atoms with Gasteiger partial charge in [-0.2, -0.15) is 0 Å². The average Bonchev–Trinajstić information content (AvgIpc) is 3.06. The van der Waals surface area contributed by atoms with E-state index in [9.17, 15) is 9.59 Å². The summed E-state index contributed by atoms with van der Waals surface area (Å²) < 4.78 is 1.48. The molecule has 8 heteroatoms. The molecule has 1 N–H and O–H groups in total. The maximum absolute atomic E-state index is 12.1. The van der Waals surface area contributed by atoms with Crippen LogP contribution in [-0.4, -0.2) is 39.4 Å². The molecule has 0 radical (unpaired) electrons. The van der Waals surface area contributed by atoms with E-state index in [1.807, 2.05) is 25.1 Å². The van der Waals surface area contributed by atoms with Crippen LogP contribution >= 0.6 is 34.9 Å². The van der Waals surface area contributed by atoms with Crippen LogP contribution in [0.2, 0.25) is 0 Å². The van der Waals surface area contributed by atoms with Crippen molar-refractivity contribution in [3.8, 4) is 0 Å². The van der Waals surface area contributed by atoms with Crippen molar-refractivity contribution in [1.82, 2.24) is 15.5 Å². The molecule has 0 bridgehead atoms. The Bertz CT molecular complexity index is 704. The number of aromatic nitrogens is 2. The number of thioether (sulfide) groups is 2. The monoisotopic (exact) mass is 395 g/mol. The van der Waals surface area contributed by atoms with Gasteiger partial charge >= 0.3 is 0 Å². The number of benzene rings is 1. The smallest absolute Gasteiger partial charge is 0.230 e. The molecular formula is C17H21N3O2S3. The van der Waals surface area contributed by atoms with Crippen LogP contribution in [0.15, 0.2) is 39.0 Å². The zero-order chi connectivity index (χ0) is 18.2. The Morgan fingerprint density at radius 2 is 1.64 bits per heavy atom. The molecule has 25 heavy (non-hydrogen) atoms. The molecule has 0 spiro atoms. The molecule has 0 aliphatic heterocycles. The highest BCUT2D eigenvalue weighted by Gasteiger charge is 2.13. The van der Waals surface area contributed by atoms with E-state index in [2.05, 4.69) is 29.4 Å². The van der Waals surface area contributed by atoms with Crippen molar-refractivity contribution in [3.63, 3.8) is 0 Å². The van der Waals surface area contributed by atoms with Crippen LogP contribution in [0.1, 0.15) is 31.1 Å². The Balaban J connectivity index is 1.76. The summed E-state index contributed by atoms with van der Waals surface area (Å²) in [6.07, 6.45) is 0. The van der Waals surface area contributed by atoms with E-state index in [-0.39, 0.29) is 17.7 Å². The SMILES string of the molecule is CC(C)C(C)NC(=O)CSc1nnc(SCC(=O)c2ccccc2)s1. The fourth-order valence-corrected chi connectivity index (χ4v) is 4.46. The third-order valence-corrected chi connectivity index (χ3v) is 6.72. The molecule has 2 rings (SSSR count). The molecule has 1 atom stereocenters. The van der Waals surface area contributed by atoms with Crippen molar-refractivity contribution in [2.24, 2.45) is 5.92 Å². The van der Waals surface area contributed by atoms with E-state index in [1.165, 1.54) is 34.9 Å². The summed E-state index contributed by atoms with van der Waals surface area (Å²) in [6, 6.07) is 9.35. The number of hydrogen-bond acceptors (Lipinski definition) is 7. The van der Waals surface area contributed by atoms with Gasteiger partial charge in [-0.25, -0.2) is 0 Å². The van der Waals surface area contributed by atoms with Gasteiger partial charge in [0.15, 0.2) is 14.5 Å². The molecule has 1 heterocycles. The summed E-state index contributed by atoms with van der Waals surface area (Å²) >= 11 is 4.15. The molecule has 1 unspecified atom stereocenters. The predicted molar refractivity (Wildman–Crippen MR) is 105 cm³/mol. The van der Waals surface area contributed by atoms with E-state index < -0.39 is 0 Å². The highest BCUT2D eigenvalue weighted by molar-refractivity contribution is 8.03. The van der Waals surface area contributed by atoms with Crippen molar-refractivity contribution in [1.29, 1.82) is 0 Å². The molecule has 5 nitrogen and oxygen atoms in total. The van der Waals surface area contributed by atoms with Crippen molar-refractivity contribution < 1.29 is 9.59 Å². The average molecular weight is 396 g/mol. The molecule has 1 aromatic carbocycles. The van der Waals surface area contributed by atoms with Crippen molar-refractivity contribution in [3.05, 3.63) is 35.9 Å². The summed E-state index contributed by atoms with van der Waals surface area (Å²) in [5, 5.41) is 11.1. The first-order valence-corrected chi connectivity index (χ1v) is 10.7. The van der Waals surface area contributed by atoms with Gasteiger partial charge in [0.05, 0.1) is 11.5 Å². The number of carbonyl (C=O) groups is 2. The Morgan fingerprint density at radius 1 is 1.04 bits per heavy atom. The fourth-order valence-electron chi connectivity index (χ4n) is 1.74. The minimum atomic E-state index is -0.00476. The molecule has 2 aromatic rings. The van der Waals surface area contributed by atoms with Gasteiger partial charge in [0, 0.05) is 11.6 Å². The third kappa shape index (κ3) is 6.80. The molecule has 0 saturated heterocycles. The second kappa shape index (κ2) is 9.94. The van der Waals surface area contributed by atoms with Crippen LogP contribution in [0, 0.1) is 5.92 Å². The molecule has 0 aliphatic carbocycles. The fraction of sp³-hybridized carbons (Fsp3) is 0.412. The largest absolute Gasteiger partial charge is 0.353 e. The first-order valence-electron chi connectivity index (χ1n) is 7.92. The maximum atomic E-state index is 12.1. The highest BCUT2D eigenvalue weighted by Crippen LogP contribution is 2.29. The number of carbonyl (C=O) groups excluding carboxylic acids is 2. The molecule has 1 aromatic heterocycles. The summed E-state index contributed by atoms with van der Waals surface area (Å²) in [5.74, 6) is 1.11. The normalized spacial score (nSPS) is 12.2. The van der Waals surface area contributed by atoms with Crippen LogP contribution in [0.3, 0.4) is 0 Å². The van der Waals surface area contributed by atoms with E-state index in [1.54, 1.807) is 12.1 Å². The Hall–Kier alpha value is -1.38. The van der Waals surface area contributed by atoms with Crippen molar-refractivity contribution in [2.75, 3.05) is 11.5 Å². The van der Waals surface area contributed by atoms with E-state index in [0.29, 0.717) is 23.0 Å². The number of amides is 1. The predicted octanol–water partition coefficient (Wildman–Crippen LogP) is 3.77. The molecule has 0 saturated carbocycles. The lowest BCUT2D eigenvalue weighted by atomic mass is 10.1. The molecule has 0 fully saturated rings. The molecule has 1 amide bonds. The minimum Gasteiger partial charge on any atom is -0.353 e. The lowest BCUT2D eigenvalue weighted by Gasteiger charge is -2.16. The van der Waals surface area contributed by atoms with Crippen LogP contribution in [0.5, 0.6) is 0 Å².